The van der Waals surface area contributed by atoms with Gasteiger partial charge in [-0.2, -0.15) is 0 Å². The van der Waals surface area contributed by atoms with E-state index in [1.165, 1.54) is 6.07 Å². The van der Waals surface area contributed by atoms with E-state index in [1.54, 1.807) is 30.3 Å². The van der Waals surface area contributed by atoms with Crippen molar-refractivity contribution in [1.29, 1.82) is 0 Å². The molecule has 0 saturated heterocycles. The van der Waals surface area contributed by atoms with E-state index in [0.29, 0.717) is 5.69 Å². The van der Waals surface area contributed by atoms with Gasteiger partial charge in [-0.15, -0.1) is 0 Å². The quantitative estimate of drug-likeness (QED) is 0.371. The second kappa shape index (κ2) is 12.1. The Balaban J connectivity index is 1.62. The van der Waals surface area contributed by atoms with Crippen LogP contribution in [0.25, 0.3) is 0 Å². The zero-order valence-electron chi connectivity index (χ0n) is 16.7. The Morgan fingerprint density at radius 2 is 1.74 bits per heavy atom. The molecule has 164 valence electrons. The molecule has 0 unspecified atom stereocenters. The summed E-state index contributed by atoms with van der Waals surface area (Å²) in [6.45, 7) is 1.42. The van der Waals surface area contributed by atoms with Gasteiger partial charge in [0.25, 0.3) is 11.8 Å². The summed E-state index contributed by atoms with van der Waals surface area (Å²) in [5.74, 6) is -2.09. The topological polar surface area (TPSA) is 114 Å². The SMILES string of the molecule is Cc1cc(Br)ccc1NC(=O)COC(=O)CCCC(=O)NNC(=O)c1ccccc1Cl. The van der Waals surface area contributed by atoms with Crippen molar-refractivity contribution >= 4 is 56.9 Å². The van der Waals surface area contributed by atoms with Crippen LogP contribution in [0.3, 0.4) is 0 Å². The number of carbonyl (C=O) groups is 4. The van der Waals surface area contributed by atoms with Crippen molar-refractivity contribution in [3.8, 4) is 0 Å². The maximum Gasteiger partial charge on any atom is 0.306 e. The molecule has 0 aliphatic heterocycles. The molecule has 0 spiro atoms. The molecule has 0 atom stereocenters. The number of esters is 1. The Morgan fingerprint density at radius 1 is 1.00 bits per heavy atom. The summed E-state index contributed by atoms with van der Waals surface area (Å²) in [6.07, 6.45) is 0.138. The molecule has 0 bridgehead atoms. The fourth-order valence-electron chi connectivity index (χ4n) is 2.47. The van der Waals surface area contributed by atoms with Crippen LogP contribution in [-0.4, -0.2) is 30.3 Å². The van der Waals surface area contributed by atoms with E-state index in [2.05, 4.69) is 32.1 Å². The number of aryl methyl sites for hydroxylation is 1. The zero-order chi connectivity index (χ0) is 22.8. The van der Waals surface area contributed by atoms with Gasteiger partial charge in [0.2, 0.25) is 5.91 Å². The predicted molar refractivity (Wildman–Crippen MR) is 119 cm³/mol. The van der Waals surface area contributed by atoms with Crippen LogP contribution in [0.5, 0.6) is 0 Å². The van der Waals surface area contributed by atoms with Crippen LogP contribution >= 0.6 is 27.5 Å². The van der Waals surface area contributed by atoms with E-state index in [-0.39, 0.29) is 29.8 Å². The lowest BCUT2D eigenvalue weighted by atomic mass is 10.2. The number of anilines is 1. The number of amides is 3. The van der Waals surface area contributed by atoms with Crippen LogP contribution in [0.15, 0.2) is 46.9 Å². The summed E-state index contributed by atoms with van der Waals surface area (Å²) < 4.78 is 5.80. The summed E-state index contributed by atoms with van der Waals surface area (Å²) in [7, 11) is 0. The Kier molecular flexibility index (Phi) is 9.48. The molecule has 0 saturated carbocycles. The first kappa shape index (κ1) is 24.4. The molecule has 8 nitrogen and oxygen atoms in total. The van der Waals surface area contributed by atoms with Crippen molar-refractivity contribution in [2.24, 2.45) is 0 Å². The molecule has 2 aromatic carbocycles. The van der Waals surface area contributed by atoms with Crippen LogP contribution < -0.4 is 16.2 Å². The lowest BCUT2D eigenvalue weighted by molar-refractivity contribution is -0.147. The number of benzene rings is 2. The number of ether oxygens (including phenoxy) is 1. The molecule has 0 radical (unpaired) electrons. The van der Waals surface area contributed by atoms with Crippen molar-refractivity contribution in [2.75, 3.05) is 11.9 Å². The van der Waals surface area contributed by atoms with Gasteiger partial charge in [0, 0.05) is 23.0 Å². The van der Waals surface area contributed by atoms with Gasteiger partial charge in [-0.25, -0.2) is 0 Å². The molecule has 0 aromatic heterocycles. The monoisotopic (exact) mass is 509 g/mol. The molecule has 31 heavy (non-hydrogen) atoms. The van der Waals surface area contributed by atoms with Gasteiger partial charge in [-0.3, -0.25) is 30.0 Å². The number of hydrogen-bond acceptors (Lipinski definition) is 5. The van der Waals surface area contributed by atoms with Crippen molar-refractivity contribution < 1.29 is 23.9 Å². The summed E-state index contributed by atoms with van der Waals surface area (Å²) in [5, 5.41) is 2.92. The molecule has 2 aromatic rings. The van der Waals surface area contributed by atoms with Crippen molar-refractivity contribution in [2.45, 2.75) is 26.2 Å². The Hall–Kier alpha value is -2.91. The van der Waals surface area contributed by atoms with Crippen molar-refractivity contribution in [3.63, 3.8) is 0 Å². The number of hydrogen-bond donors (Lipinski definition) is 3. The van der Waals surface area contributed by atoms with Gasteiger partial charge in [0.1, 0.15) is 0 Å². The molecule has 0 aliphatic rings. The first-order chi connectivity index (χ1) is 14.8. The second-order valence-corrected chi connectivity index (χ2v) is 7.83. The fourth-order valence-corrected chi connectivity index (χ4v) is 3.16. The summed E-state index contributed by atoms with van der Waals surface area (Å²) in [4.78, 5) is 47.4. The van der Waals surface area contributed by atoms with Crippen molar-refractivity contribution in [3.05, 3.63) is 63.1 Å². The number of halogens is 2. The smallest absolute Gasteiger partial charge is 0.306 e. The molecular weight excluding hydrogens is 490 g/mol. The minimum Gasteiger partial charge on any atom is -0.456 e. The van der Waals surface area contributed by atoms with Crippen LogP contribution in [0.4, 0.5) is 5.69 Å². The van der Waals surface area contributed by atoms with Crippen LogP contribution in [-0.2, 0) is 19.1 Å². The van der Waals surface area contributed by atoms with Gasteiger partial charge < -0.3 is 10.1 Å². The molecule has 2 rings (SSSR count). The Bertz CT molecular complexity index is 983. The first-order valence-electron chi connectivity index (χ1n) is 9.31. The van der Waals surface area contributed by atoms with E-state index in [9.17, 15) is 19.2 Å². The Morgan fingerprint density at radius 3 is 2.45 bits per heavy atom. The predicted octanol–water partition coefficient (Wildman–Crippen LogP) is 3.52. The molecule has 3 N–H and O–H groups in total. The normalized spacial score (nSPS) is 10.2. The highest BCUT2D eigenvalue weighted by Crippen LogP contribution is 2.20. The maximum atomic E-state index is 11.9. The third-order valence-corrected chi connectivity index (χ3v) is 4.87. The van der Waals surface area contributed by atoms with Gasteiger partial charge in [-0.05, 0) is 49.2 Å². The number of nitrogens with one attached hydrogen (secondary N) is 3. The molecular formula is C21H21BrClN3O5. The minimum absolute atomic E-state index is 0.0117. The third kappa shape index (κ3) is 8.39. The van der Waals surface area contributed by atoms with E-state index in [4.69, 9.17) is 16.3 Å². The van der Waals surface area contributed by atoms with E-state index in [1.807, 2.05) is 13.0 Å². The third-order valence-electron chi connectivity index (χ3n) is 4.05. The standard InChI is InChI=1S/C21H21BrClN3O5/c1-13-11-14(22)9-10-17(13)24-19(28)12-31-20(29)8-4-7-18(27)25-26-21(30)15-5-2-3-6-16(15)23/h2-3,5-6,9-11H,4,7-8,12H2,1H3,(H,24,28)(H,25,27)(H,26,30). The summed E-state index contributed by atoms with van der Waals surface area (Å²) in [6, 6.07) is 11.8. The zero-order valence-corrected chi connectivity index (χ0v) is 19.0. The minimum atomic E-state index is -0.601. The fraction of sp³-hybridized carbons (Fsp3) is 0.238. The maximum absolute atomic E-state index is 11.9. The lowest BCUT2D eigenvalue weighted by Crippen LogP contribution is -2.41. The molecule has 0 fully saturated rings. The molecule has 3 amide bonds. The molecule has 10 heteroatoms. The van der Waals surface area contributed by atoms with Gasteiger partial charge in [0.05, 0.1) is 10.6 Å². The van der Waals surface area contributed by atoms with E-state index < -0.39 is 30.3 Å². The highest BCUT2D eigenvalue weighted by molar-refractivity contribution is 9.10. The van der Waals surface area contributed by atoms with Gasteiger partial charge in [0.15, 0.2) is 6.61 Å². The second-order valence-electron chi connectivity index (χ2n) is 6.50. The molecule has 0 heterocycles. The first-order valence-corrected chi connectivity index (χ1v) is 10.5. The van der Waals surface area contributed by atoms with Crippen LogP contribution in [0.1, 0.15) is 35.2 Å². The molecule has 0 aliphatic carbocycles. The lowest BCUT2D eigenvalue weighted by Gasteiger charge is -2.10. The summed E-state index contributed by atoms with van der Waals surface area (Å²) >= 11 is 9.25. The highest BCUT2D eigenvalue weighted by atomic mass is 79.9. The number of carbonyl (C=O) groups excluding carboxylic acids is 4. The Labute approximate surface area is 192 Å². The van der Waals surface area contributed by atoms with E-state index in [0.717, 1.165) is 10.0 Å². The largest absolute Gasteiger partial charge is 0.456 e. The van der Waals surface area contributed by atoms with Gasteiger partial charge in [-0.1, -0.05) is 39.7 Å². The van der Waals surface area contributed by atoms with Gasteiger partial charge >= 0.3 is 5.97 Å². The average Bonchev–Trinajstić information content (AvgIpc) is 2.73. The van der Waals surface area contributed by atoms with Crippen LogP contribution in [0, 0.1) is 6.92 Å². The number of hydrazine groups is 1. The highest BCUT2D eigenvalue weighted by Gasteiger charge is 2.12. The van der Waals surface area contributed by atoms with E-state index >= 15 is 0 Å². The number of rotatable bonds is 8. The van der Waals surface area contributed by atoms with Crippen LogP contribution in [0.2, 0.25) is 5.02 Å². The van der Waals surface area contributed by atoms with Crippen molar-refractivity contribution in [1.82, 2.24) is 10.9 Å². The summed E-state index contributed by atoms with van der Waals surface area (Å²) in [5.41, 5.74) is 6.22. The average molecular weight is 511 g/mol.